The third kappa shape index (κ3) is 5.88. The van der Waals surface area contributed by atoms with E-state index in [-0.39, 0.29) is 11.4 Å². The fourth-order valence-electron chi connectivity index (χ4n) is 3.90. The zero-order valence-electron chi connectivity index (χ0n) is 22.6. The first-order valence-electron chi connectivity index (χ1n) is 12.6. The second-order valence-corrected chi connectivity index (χ2v) is 10.1. The SMILES string of the molecule is Cc1ccccc1-n1nc(C(C)(C)C)cc1NC(=O)Nc1cnc(Oc2ccc(-c3cncnc3N)cc2)nc1. The van der Waals surface area contributed by atoms with E-state index in [0.29, 0.717) is 23.1 Å². The largest absolute Gasteiger partial charge is 0.424 e. The summed E-state index contributed by atoms with van der Waals surface area (Å²) in [6.07, 6.45) is 6.00. The Kier molecular flexibility index (Phi) is 7.11. The number of rotatable bonds is 6. The number of hydrogen-bond donors (Lipinski definition) is 3. The third-order valence-electron chi connectivity index (χ3n) is 6.07. The molecule has 0 radical (unpaired) electrons. The van der Waals surface area contributed by atoms with Gasteiger partial charge < -0.3 is 15.8 Å². The molecule has 0 atom stereocenters. The van der Waals surface area contributed by atoms with E-state index in [9.17, 15) is 4.79 Å². The van der Waals surface area contributed by atoms with E-state index in [1.807, 2.05) is 49.4 Å². The first-order valence-corrected chi connectivity index (χ1v) is 12.6. The molecule has 0 fully saturated rings. The van der Waals surface area contributed by atoms with Gasteiger partial charge in [0.2, 0.25) is 0 Å². The number of nitrogens with one attached hydrogen (secondary N) is 2. The molecule has 0 unspecified atom stereocenters. The molecule has 11 heteroatoms. The molecule has 4 N–H and O–H groups in total. The van der Waals surface area contributed by atoms with Gasteiger partial charge in [0.1, 0.15) is 23.7 Å². The number of hydrogen-bond acceptors (Lipinski definition) is 8. The highest BCUT2D eigenvalue weighted by Crippen LogP contribution is 2.28. The van der Waals surface area contributed by atoms with E-state index in [1.165, 1.54) is 18.7 Å². The molecular formula is C29H29N9O2. The minimum atomic E-state index is -0.452. The number of urea groups is 1. The summed E-state index contributed by atoms with van der Waals surface area (Å²) in [4.78, 5) is 29.3. The van der Waals surface area contributed by atoms with Crippen molar-refractivity contribution in [3.8, 4) is 28.6 Å². The van der Waals surface area contributed by atoms with Crippen molar-refractivity contribution in [1.29, 1.82) is 0 Å². The Morgan fingerprint density at radius 3 is 2.35 bits per heavy atom. The Morgan fingerprint density at radius 1 is 0.950 bits per heavy atom. The van der Waals surface area contributed by atoms with E-state index in [4.69, 9.17) is 15.6 Å². The van der Waals surface area contributed by atoms with Crippen LogP contribution in [-0.4, -0.2) is 35.7 Å². The first kappa shape index (κ1) is 26.3. The van der Waals surface area contributed by atoms with Crippen molar-refractivity contribution in [3.63, 3.8) is 0 Å². The van der Waals surface area contributed by atoms with Crippen LogP contribution in [0.1, 0.15) is 32.0 Å². The van der Waals surface area contributed by atoms with Crippen LogP contribution in [0.5, 0.6) is 11.8 Å². The summed E-state index contributed by atoms with van der Waals surface area (Å²) < 4.78 is 7.48. The van der Waals surface area contributed by atoms with Gasteiger partial charge in [-0.2, -0.15) is 5.10 Å². The quantitative estimate of drug-likeness (QED) is 0.249. The maximum Gasteiger partial charge on any atom is 0.324 e. The summed E-state index contributed by atoms with van der Waals surface area (Å²) >= 11 is 0. The van der Waals surface area contributed by atoms with Crippen LogP contribution in [0, 0.1) is 6.92 Å². The Balaban J connectivity index is 1.25. The number of aromatic nitrogens is 6. The summed E-state index contributed by atoms with van der Waals surface area (Å²) in [6, 6.07) is 16.7. The monoisotopic (exact) mass is 535 g/mol. The molecule has 2 aromatic carbocycles. The highest BCUT2D eigenvalue weighted by atomic mass is 16.5. The Labute approximate surface area is 231 Å². The number of aryl methyl sites for hydroxylation is 1. The van der Waals surface area contributed by atoms with Gasteiger partial charge in [0, 0.05) is 23.2 Å². The zero-order valence-corrected chi connectivity index (χ0v) is 22.6. The minimum Gasteiger partial charge on any atom is -0.424 e. The van der Waals surface area contributed by atoms with Crippen LogP contribution in [0.2, 0.25) is 0 Å². The van der Waals surface area contributed by atoms with Crippen LogP contribution in [0.4, 0.5) is 22.1 Å². The van der Waals surface area contributed by atoms with Gasteiger partial charge in [-0.3, -0.25) is 5.32 Å². The Hall–Kier alpha value is -5.32. The van der Waals surface area contributed by atoms with E-state index in [0.717, 1.165) is 28.1 Å². The normalized spacial score (nSPS) is 11.2. The Bertz CT molecular complexity index is 1640. The van der Waals surface area contributed by atoms with Crippen molar-refractivity contribution in [2.24, 2.45) is 0 Å². The summed E-state index contributed by atoms with van der Waals surface area (Å²) in [5, 5.41) is 10.4. The average molecular weight is 536 g/mol. The molecular weight excluding hydrogens is 506 g/mol. The molecule has 40 heavy (non-hydrogen) atoms. The zero-order chi connectivity index (χ0) is 28.3. The average Bonchev–Trinajstić information content (AvgIpc) is 3.35. The highest BCUT2D eigenvalue weighted by molar-refractivity contribution is 5.99. The number of nitrogens with two attached hydrogens (primary N) is 1. The molecule has 0 aliphatic carbocycles. The second-order valence-electron chi connectivity index (χ2n) is 10.1. The van der Waals surface area contributed by atoms with Crippen LogP contribution >= 0.6 is 0 Å². The molecule has 3 aromatic heterocycles. The van der Waals surface area contributed by atoms with E-state index < -0.39 is 6.03 Å². The number of carbonyl (C=O) groups excluding carboxylic acids is 1. The van der Waals surface area contributed by atoms with Gasteiger partial charge >= 0.3 is 12.0 Å². The highest BCUT2D eigenvalue weighted by Gasteiger charge is 2.22. The van der Waals surface area contributed by atoms with Crippen molar-refractivity contribution in [2.45, 2.75) is 33.1 Å². The molecule has 5 rings (SSSR count). The van der Waals surface area contributed by atoms with Gasteiger partial charge in [-0.25, -0.2) is 29.4 Å². The van der Waals surface area contributed by atoms with Crippen molar-refractivity contribution < 1.29 is 9.53 Å². The number of ether oxygens (including phenoxy) is 1. The molecule has 5 aromatic rings. The maximum atomic E-state index is 12.9. The number of nitrogen functional groups attached to an aromatic ring is 1. The predicted octanol–water partition coefficient (Wildman–Crippen LogP) is 5.74. The van der Waals surface area contributed by atoms with Crippen molar-refractivity contribution in [1.82, 2.24) is 29.7 Å². The topological polar surface area (TPSA) is 146 Å². The number of benzene rings is 2. The smallest absolute Gasteiger partial charge is 0.324 e. The van der Waals surface area contributed by atoms with E-state index >= 15 is 0 Å². The van der Waals surface area contributed by atoms with Crippen LogP contribution in [-0.2, 0) is 5.41 Å². The predicted molar refractivity (Wildman–Crippen MR) is 154 cm³/mol. The van der Waals surface area contributed by atoms with Crippen LogP contribution < -0.4 is 21.1 Å². The molecule has 0 spiro atoms. The summed E-state index contributed by atoms with van der Waals surface area (Å²) in [7, 11) is 0. The van der Waals surface area contributed by atoms with Gasteiger partial charge in [0.05, 0.1) is 29.5 Å². The molecule has 0 bridgehead atoms. The molecule has 0 saturated heterocycles. The van der Waals surface area contributed by atoms with Gasteiger partial charge in [-0.15, -0.1) is 0 Å². The number of amides is 2. The molecule has 2 amide bonds. The van der Waals surface area contributed by atoms with Crippen molar-refractivity contribution in [2.75, 3.05) is 16.4 Å². The standard InChI is InChI=1S/C29H29N9O2/c1-18-7-5-6-8-23(18)38-25(13-24(37-38)29(2,3)4)36-27(39)35-20-14-32-28(33-15-20)40-21-11-9-19(10-12-21)22-16-31-17-34-26(22)30/h5-17H,1-4H3,(H2,30,31,34)(H2,35,36,39). The molecule has 202 valence electrons. The summed E-state index contributed by atoms with van der Waals surface area (Å²) in [6.45, 7) is 8.22. The van der Waals surface area contributed by atoms with Gasteiger partial charge in [0.15, 0.2) is 0 Å². The fourth-order valence-corrected chi connectivity index (χ4v) is 3.90. The Morgan fingerprint density at radius 2 is 1.68 bits per heavy atom. The lowest BCUT2D eigenvalue weighted by Crippen LogP contribution is -2.21. The summed E-state index contributed by atoms with van der Waals surface area (Å²) in [5.74, 6) is 1.48. The first-order chi connectivity index (χ1) is 19.2. The van der Waals surface area contributed by atoms with Crippen molar-refractivity contribution in [3.05, 3.63) is 90.8 Å². The van der Waals surface area contributed by atoms with Crippen LogP contribution in [0.15, 0.2) is 79.5 Å². The molecule has 0 aliphatic heterocycles. The van der Waals surface area contributed by atoms with Crippen molar-refractivity contribution >= 4 is 23.4 Å². The molecule has 0 saturated carbocycles. The number of nitrogens with zero attached hydrogens (tertiary/aromatic N) is 6. The minimum absolute atomic E-state index is 0.133. The second kappa shape index (κ2) is 10.8. The number of carbonyl (C=O) groups is 1. The fraction of sp³-hybridized carbons (Fsp3) is 0.172. The maximum absolute atomic E-state index is 12.9. The summed E-state index contributed by atoms with van der Waals surface area (Å²) in [5.41, 5.74) is 10.5. The number of anilines is 3. The molecule has 11 nitrogen and oxygen atoms in total. The van der Waals surface area contributed by atoms with Crippen LogP contribution in [0.3, 0.4) is 0 Å². The lowest BCUT2D eigenvalue weighted by Gasteiger charge is -2.14. The molecule has 3 heterocycles. The lowest BCUT2D eigenvalue weighted by atomic mass is 9.92. The van der Waals surface area contributed by atoms with Gasteiger partial charge in [-0.05, 0) is 36.2 Å². The molecule has 0 aliphatic rings. The lowest BCUT2D eigenvalue weighted by molar-refractivity contribution is 0.262. The van der Waals surface area contributed by atoms with Gasteiger partial charge in [0.25, 0.3) is 0 Å². The third-order valence-corrected chi connectivity index (χ3v) is 6.07. The number of para-hydroxylation sites is 1. The van der Waals surface area contributed by atoms with Crippen LogP contribution in [0.25, 0.3) is 16.8 Å². The van der Waals surface area contributed by atoms with Gasteiger partial charge in [-0.1, -0.05) is 51.1 Å². The van der Waals surface area contributed by atoms with E-state index in [1.54, 1.807) is 23.0 Å². The van der Waals surface area contributed by atoms with E-state index in [2.05, 4.69) is 51.3 Å².